The first-order chi connectivity index (χ1) is 14.3. The molecule has 3 aromatic rings. The number of para-hydroxylation sites is 1. The Bertz CT molecular complexity index is 1200. The zero-order valence-corrected chi connectivity index (χ0v) is 17.1. The number of likely N-dealkylation sites (tertiary alicyclic amines) is 1. The van der Waals surface area contributed by atoms with E-state index < -0.39 is 27.3 Å². The molecule has 2 heterocycles. The van der Waals surface area contributed by atoms with Crippen LogP contribution >= 0.6 is 0 Å². The Morgan fingerprint density at radius 1 is 1.17 bits per heavy atom. The summed E-state index contributed by atoms with van der Waals surface area (Å²) in [6, 6.07) is 14.1. The van der Waals surface area contributed by atoms with Crippen LogP contribution in [-0.4, -0.2) is 43.1 Å². The molecule has 1 saturated heterocycles. The van der Waals surface area contributed by atoms with Crippen LogP contribution in [0.5, 0.6) is 0 Å². The summed E-state index contributed by atoms with van der Waals surface area (Å²) in [7, 11) is -3.84. The van der Waals surface area contributed by atoms with Crippen LogP contribution in [0.3, 0.4) is 0 Å². The van der Waals surface area contributed by atoms with Gasteiger partial charge in [0, 0.05) is 24.4 Å². The van der Waals surface area contributed by atoms with Crippen molar-refractivity contribution in [2.45, 2.75) is 23.7 Å². The van der Waals surface area contributed by atoms with Crippen LogP contribution in [-0.2, 0) is 14.6 Å². The van der Waals surface area contributed by atoms with Crippen LogP contribution in [0.15, 0.2) is 59.5 Å². The number of nitrogens with zero attached hydrogens (tertiary/aromatic N) is 2. The minimum atomic E-state index is -3.84. The highest BCUT2D eigenvalue weighted by molar-refractivity contribution is 7.92. The Hall–Kier alpha value is -3.00. The van der Waals surface area contributed by atoms with Gasteiger partial charge in [-0.05, 0) is 49.2 Å². The van der Waals surface area contributed by atoms with Crippen molar-refractivity contribution in [3.05, 3.63) is 66.1 Å². The highest BCUT2D eigenvalue weighted by atomic mass is 32.2. The van der Waals surface area contributed by atoms with E-state index in [1.807, 2.05) is 30.3 Å². The highest BCUT2D eigenvalue weighted by Gasteiger charge is 2.30. The molecule has 6 nitrogen and oxygen atoms in total. The van der Waals surface area contributed by atoms with Gasteiger partial charge in [0.05, 0.1) is 21.8 Å². The van der Waals surface area contributed by atoms with E-state index in [9.17, 15) is 17.6 Å². The molecule has 1 aliphatic rings. The van der Waals surface area contributed by atoms with Gasteiger partial charge in [0.2, 0.25) is 5.91 Å². The molecular formula is C22H22FN3O3S. The first-order valence-electron chi connectivity index (χ1n) is 9.75. The number of carbonyl (C=O) groups excluding carboxylic acids is 1. The van der Waals surface area contributed by atoms with Crippen molar-refractivity contribution in [1.29, 1.82) is 0 Å². The fourth-order valence-corrected chi connectivity index (χ4v) is 5.11. The zero-order valence-electron chi connectivity index (χ0n) is 16.3. The number of carbonyl (C=O) groups is 1. The number of nitrogen functional groups attached to an aromatic ring is 1. The second-order valence-corrected chi connectivity index (χ2v) is 9.54. The lowest BCUT2D eigenvalue weighted by Gasteiger charge is -2.33. The molecule has 4 rings (SSSR count). The number of aromatic nitrogens is 1. The first-order valence-corrected chi connectivity index (χ1v) is 11.4. The van der Waals surface area contributed by atoms with Crippen LogP contribution in [0.2, 0.25) is 0 Å². The highest BCUT2D eigenvalue weighted by Crippen LogP contribution is 2.31. The van der Waals surface area contributed by atoms with E-state index >= 15 is 0 Å². The molecule has 1 aliphatic heterocycles. The number of fused-ring (bicyclic) bond motifs is 1. The number of amides is 1. The van der Waals surface area contributed by atoms with E-state index in [0.717, 1.165) is 41.6 Å². The van der Waals surface area contributed by atoms with Gasteiger partial charge in [-0.3, -0.25) is 9.78 Å². The van der Waals surface area contributed by atoms with Crippen LogP contribution in [0, 0.1) is 5.82 Å². The molecule has 0 radical (unpaired) electrons. The predicted octanol–water partition coefficient (Wildman–Crippen LogP) is 3.14. The normalized spacial score (nSPS) is 17.2. The average Bonchev–Trinajstić information content (AvgIpc) is 2.73. The number of nitrogens with two attached hydrogens (primary N) is 1. The Morgan fingerprint density at radius 3 is 2.67 bits per heavy atom. The molecule has 0 saturated carbocycles. The van der Waals surface area contributed by atoms with Gasteiger partial charge in [-0.2, -0.15) is 0 Å². The third kappa shape index (κ3) is 4.14. The van der Waals surface area contributed by atoms with Gasteiger partial charge < -0.3 is 10.6 Å². The van der Waals surface area contributed by atoms with Crippen molar-refractivity contribution in [2.75, 3.05) is 24.6 Å². The lowest BCUT2D eigenvalue weighted by Crippen LogP contribution is -2.42. The van der Waals surface area contributed by atoms with E-state index in [1.165, 1.54) is 12.1 Å². The van der Waals surface area contributed by atoms with E-state index in [2.05, 4.69) is 0 Å². The van der Waals surface area contributed by atoms with Crippen molar-refractivity contribution < 1.29 is 17.6 Å². The van der Waals surface area contributed by atoms with Crippen molar-refractivity contribution in [3.63, 3.8) is 0 Å². The van der Waals surface area contributed by atoms with Gasteiger partial charge >= 0.3 is 0 Å². The summed E-state index contributed by atoms with van der Waals surface area (Å²) in [6.07, 6.45) is 1.56. The molecule has 0 bridgehead atoms. The lowest BCUT2D eigenvalue weighted by molar-refractivity contribution is -0.129. The molecule has 156 valence electrons. The van der Waals surface area contributed by atoms with Gasteiger partial charge in [-0.1, -0.05) is 18.2 Å². The van der Waals surface area contributed by atoms with Gasteiger partial charge in [-0.15, -0.1) is 0 Å². The molecule has 30 heavy (non-hydrogen) atoms. The summed E-state index contributed by atoms with van der Waals surface area (Å²) in [5.74, 6) is -1.70. The lowest BCUT2D eigenvalue weighted by atomic mass is 9.92. The van der Waals surface area contributed by atoms with Gasteiger partial charge in [-0.25, -0.2) is 12.8 Å². The van der Waals surface area contributed by atoms with Crippen LogP contribution in [0.25, 0.3) is 10.9 Å². The molecule has 0 spiro atoms. The van der Waals surface area contributed by atoms with Crippen molar-refractivity contribution in [1.82, 2.24) is 9.88 Å². The molecule has 8 heteroatoms. The minimum Gasteiger partial charge on any atom is -0.397 e. The summed E-state index contributed by atoms with van der Waals surface area (Å²) in [5.41, 5.74) is 8.39. The zero-order chi connectivity index (χ0) is 21.3. The maximum Gasteiger partial charge on any atom is 0.238 e. The molecule has 2 aromatic carbocycles. The molecule has 0 aliphatic carbocycles. The first kappa shape index (κ1) is 20.3. The van der Waals surface area contributed by atoms with Gasteiger partial charge in [0.15, 0.2) is 9.84 Å². The average molecular weight is 428 g/mol. The monoisotopic (exact) mass is 427 g/mol. The number of sulfone groups is 1. The third-order valence-corrected chi connectivity index (χ3v) is 7.05. The van der Waals surface area contributed by atoms with Crippen molar-refractivity contribution >= 4 is 32.3 Å². The Balaban J connectivity index is 1.52. The van der Waals surface area contributed by atoms with E-state index in [0.29, 0.717) is 18.8 Å². The quantitative estimate of drug-likeness (QED) is 0.646. The maximum absolute atomic E-state index is 13.1. The number of rotatable bonds is 4. The SMILES string of the molecule is Nc1cc2ccccc2nc1C1CCCN(C(=O)CS(=O)(=O)c2ccc(F)cc2)C1. The topological polar surface area (TPSA) is 93.4 Å². The molecule has 1 fully saturated rings. The predicted molar refractivity (Wildman–Crippen MR) is 113 cm³/mol. The number of pyridine rings is 1. The largest absolute Gasteiger partial charge is 0.397 e. The summed E-state index contributed by atoms with van der Waals surface area (Å²) >= 11 is 0. The molecule has 1 atom stereocenters. The van der Waals surface area contributed by atoms with E-state index in [1.54, 1.807) is 4.90 Å². The fraction of sp³-hybridized carbons (Fsp3) is 0.273. The summed E-state index contributed by atoms with van der Waals surface area (Å²) < 4.78 is 38.2. The second kappa shape index (κ2) is 8.02. The number of hydrogen-bond donors (Lipinski definition) is 1. The third-order valence-electron chi connectivity index (χ3n) is 5.43. The smallest absolute Gasteiger partial charge is 0.238 e. The van der Waals surface area contributed by atoms with Gasteiger partial charge in [0.25, 0.3) is 0 Å². The molecule has 1 amide bonds. The van der Waals surface area contributed by atoms with E-state index in [-0.39, 0.29) is 10.8 Å². The number of halogens is 1. The number of benzene rings is 2. The molecular weight excluding hydrogens is 405 g/mol. The fourth-order valence-electron chi connectivity index (χ4n) is 3.88. The standard InChI is InChI=1S/C22H22FN3O3S/c23-17-7-9-18(10-8-17)30(28,29)14-21(27)26-11-3-5-16(13-26)22-19(24)12-15-4-1-2-6-20(15)25-22/h1-2,4,6-10,12,16H,3,5,11,13-14,24H2. The Kier molecular flexibility index (Phi) is 5.42. The van der Waals surface area contributed by atoms with Crippen LogP contribution in [0.1, 0.15) is 24.5 Å². The second-order valence-electron chi connectivity index (χ2n) is 7.55. The summed E-state index contributed by atoms with van der Waals surface area (Å²) in [6.45, 7) is 0.856. The van der Waals surface area contributed by atoms with Crippen LogP contribution < -0.4 is 5.73 Å². The van der Waals surface area contributed by atoms with E-state index in [4.69, 9.17) is 10.7 Å². The maximum atomic E-state index is 13.1. The Morgan fingerprint density at radius 2 is 1.90 bits per heavy atom. The van der Waals surface area contributed by atoms with Crippen LogP contribution in [0.4, 0.5) is 10.1 Å². The minimum absolute atomic E-state index is 0.0548. The van der Waals surface area contributed by atoms with Crippen molar-refractivity contribution in [2.24, 2.45) is 0 Å². The summed E-state index contributed by atoms with van der Waals surface area (Å²) in [4.78, 5) is 19.0. The van der Waals surface area contributed by atoms with Gasteiger partial charge in [0.1, 0.15) is 11.6 Å². The molecule has 1 aromatic heterocycles. The van der Waals surface area contributed by atoms with Crippen molar-refractivity contribution in [3.8, 4) is 0 Å². The molecule has 2 N–H and O–H groups in total. The number of hydrogen-bond acceptors (Lipinski definition) is 5. The number of piperidine rings is 1. The summed E-state index contributed by atoms with van der Waals surface area (Å²) in [5, 5.41) is 0.952. The number of anilines is 1. The Labute approximate surface area is 174 Å². The molecule has 1 unspecified atom stereocenters.